The number of nitrogens with zero attached hydrogens (tertiary/aromatic N) is 2. The molecule has 0 aromatic heterocycles. The molecular formula is C13H28N2O. The fourth-order valence-electron chi connectivity index (χ4n) is 2.67. The molecule has 16 heavy (non-hydrogen) atoms. The molecule has 1 saturated heterocycles. The van der Waals surface area contributed by atoms with Gasteiger partial charge in [0, 0.05) is 38.9 Å². The maximum Gasteiger partial charge on any atom is 0.0474 e. The lowest BCUT2D eigenvalue weighted by Crippen LogP contribution is -2.42. The Morgan fingerprint density at radius 2 is 2.06 bits per heavy atom. The van der Waals surface area contributed by atoms with E-state index < -0.39 is 0 Å². The van der Waals surface area contributed by atoms with Crippen LogP contribution >= 0.6 is 0 Å². The average Bonchev–Trinajstić information content (AvgIpc) is 2.40. The molecule has 0 aromatic carbocycles. The fraction of sp³-hybridized carbons (Fsp3) is 1.00. The lowest BCUT2D eigenvalue weighted by Gasteiger charge is -2.32. The second-order valence-corrected chi connectivity index (χ2v) is 5.18. The van der Waals surface area contributed by atoms with Crippen LogP contribution in [0.2, 0.25) is 0 Å². The van der Waals surface area contributed by atoms with Crippen LogP contribution < -0.4 is 0 Å². The third-order valence-electron chi connectivity index (χ3n) is 3.47. The Bertz CT molecular complexity index is 185. The average molecular weight is 228 g/mol. The Morgan fingerprint density at radius 1 is 1.31 bits per heavy atom. The molecule has 0 aliphatic carbocycles. The van der Waals surface area contributed by atoms with E-state index in [4.69, 9.17) is 4.74 Å². The molecule has 1 fully saturated rings. The van der Waals surface area contributed by atoms with Gasteiger partial charge in [-0.05, 0) is 46.7 Å². The second kappa shape index (κ2) is 7.25. The Labute approximate surface area is 101 Å². The first kappa shape index (κ1) is 13.9. The molecule has 1 unspecified atom stereocenters. The summed E-state index contributed by atoms with van der Waals surface area (Å²) in [5.41, 5.74) is 0. The van der Waals surface area contributed by atoms with Crippen LogP contribution in [-0.4, -0.2) is 61.8 Å². The summed E-state index contributed by atoms with van der Waals surface area (Å²) in [6.45, 7) is 12.7. The summed E-state index contributed by atoms with van der Waals surface area (Å²) in [4.78, 5) is 5.21. The van der Waals surface area contributed by atoms with Crippen molar-refractivity contribution >= 4 is 0 Å². The molecule has 3 nitrogen and oxygen atoms in total. The number of rotatable bonds is 5. The molecule has 1 aliphatic rings. The standard InChI is InChI=1S/C13H28N2O/c1-12(2)15-9-5-7-14(11-13(15)3)8-6-10-16-4/h12-13H,5-11H2,1-4H3. The molecule has 0 saturated carbocycles. The maximum atomic E-state index is 5.11. The predicted octanol–water partition coefficient (Wildman–Crippen LogP) is 1.83. The van der Waals surface area contributed by atoms with Gasteiger partial charge in [0.2, 0.25) is 0 Å². The van der Waals surface area contributed by atoms with E-state index in [2.05, 4.69) is 30.6 Å². The zero-order valence-corrected chi connectivity index (χ0v) is 11.4. The van der Waals surface area contributed by atoms with Crippen molar-refractivity contribution in [2.45, 2.75) is 45.7 Å². The SMILES string of the molecule is COCCCN1CCCN(C(C)C)C(C)C1. The summed E-state index contributed by atoms with van der Waals surface area (Å²) in [7, 11) is 1.78. The zero-order chi connectivity index (χ0) is 12.0. The van der Waals surface area contributed by atoms with Gasteiger partial charge in [-0.1, -0.05) is 0 Å². The lowest BCUT2D eigenvalue weighted by molar-refractivity contribution is 0.144. The first-order valence-electron chi connectivity index (χ1n) is 6.62. The third-order valence-corrected chi connectivity index (χ3v) is 3.47. The molecule has 1 atom stereocenters. The number of ether oxygens (including phenoxy) is 1. The quantitative estimate of drug-likeness (QED) is 0.668. The van der Waals surface area contributed by atoms with Gasteiger partial charge in [0.1, 0.15) is 0 Å². The summed E-state index contributed by atoms with van der Waals surface area (Å²) >= 11 is 0. The van der Waals surface area contributed by atoms with Crippen LogP contribution in [0.4, 0.5) is 0 Å². The first-order chi connectivity index (χ1) is 7.65. The van der Waals surface area contributed by atoms with E-state index in [0.29, 0.717) is 12.1 Å². The van der Waals surface area contributed by atoms with E-state index in [9.17, 15) is 0 Å². The van der Waals surface area contributed by atoms with E-state index in [0.717, 1.165) is 13.0 Å². The summed E-state index contributed by atoms with van der Waals surface area (Å²) in [5.74, 6) is 0. The van der Waals surface area contributed by atoms with Crippen LogP contribution in [0.5, 0.6) is 0 Å². The van der Waals surface area contributed by atoms with Crippen LogP contribution in [0.1, 0.15) is 33.6 Å². The highest BCUT2D eigenvalue weighted by Crippen LogP contribution is 2.13. The number of hydrogen-bond acceptors (Lipinski definition) is 3. The van der Waals surface area contributed by atoms with Gasteiger partial charge in [0.15, 0.2) is 0 Å². The third kappa shape index (κ3) is 4.40. The van der Waals surface area contributed by atoms with Crippen LogP contribution in [0.3, 0.4) is 0 Å². The van der Waals surface area contributed by atoms with Crippen LogP contribution in [0.15, 0.2) is 0 Å². The van der Waals surface area contributed by atoms with Crippen molar-refractivity contribution in [2.75, 3.05) is 39.9 Å². The minimum absolute atomic E-state index is 0.675. The molecule has 1 rings (SSSR count). The highest BCUT2D eigenvalue weighted by molar-refractivity contribution is 4.78. The molecule has 1 aliphatic heterocycles. The van der Waals surface area contributed by atoms with Crippen molar-refractivity contribution in [3.8, 4) is 0 Å². The summed E-state index contributed by atoms with van der Waals surface area (Å²) in [6.07, 6.45) is 2.46. The van der Waals surface area contributed by atoms with E-state index in [1.54, 1.807) is 7.11 Å². The zero-order valence-electron chi connectivity index (χ0n) is 11.4. The summed E-state index contributed by atoms with van der Waals surface area (Å²) in [5, 5.41) is 0. The normalized spacial score (nSPS) is 24.9. The van der Waals surface area contributed by atoms with Gasteiger partial charge in [-0.2, -0.15) is 0 Å². The molecule has 1 heterocycles. The molecule has 0 bridgehead atoms. The molecule has 3 heteroatoms. The molecular weight excluding hydrogens is 200 g/mol. The lowest BCUT2D eigenvalue weighted by atomic mass is 10.2. The van der Waals surface area contributed by atoms with E-state index in [1.807, 2.05) is 0 Å². The molecule has 0 radical (unpaired) electrons. The van der Waals surface area contributed by atoms with Crippen molar-refractivity contribution in [1.82, 2.24) is 9.80 Å². The van der Waals surface area contributed by atoms with Crippen molar-refractivity contribution in [3.63, 3.8) is 0 Å². The minimum Gasteiger partial charge on any atom is -0.385 e. The van der Waals surface area contributed by atoms with Gasteiger partial charge >= 0.3 is 0 Å². The number of methoxy groups -OCH3 is 1. The highest BCUT2D eigenvalue weighted by Gasteiger charge is 2.22. The van der Waals surface area contributed by atoms with Gasteiger partial charge < -0.3 is 9.64 Å². The van der Waals surface area contributed by atoms with Crippen molar-refractivity contribution in [2.24, 2.45) is 0 Å². The van der Waals surface area contributed by atoms with Gasteiger partial charge in [0.25, 0.3) is 0 Å². The maximum absolute atomic E-state index is 5.11. The Morgan fingerprint density at radius 3 is 2.69 bits per heavy atom. The van der Waals surface area contributed by atoms with Gasteiger partial charge in [-0.25, -0.2) is 0 Å². The monoisotopic (exact) mass is 228 g/mol. The highest BCUT2D eigenvalue weighted by atomic mass is 16.5. The molecule has 0 amide bonds. The molecule has 0 N–H and O–H groups in total. The largest absolute Gasteiger partial charge is 0.385 e. The first-order valence-corrected chi connectivity index (χ1v) is 6.62. The van der Waals surface area contributed by atoms with Crippen LogP contribution in [0.25, 0.3) is 0 Å². The van der Waals surface area contributed by atoms with Crippen LogP contribution in [0, 0.1) is 0 Å². The Hall–Kier alpha value is -0.120. The smallest absolute Gasteiger partial charge is 0.0474 e. The summed E-state index contributed by atoms with van der Waals surface area (Å²) < 4.78 is 5.11. The minimum atomic E-state index is 0.675. The van der Waals surface area contributed by atoms with Gasteiger partial charge in [0.05, 0.1) is 0 Å². The van der Waals surface area contributed by atoms with Gasteiger partial charge in [-0.15, -0.1) is 0 Å². The molecule has 0 spiro atoms. The summed E-state index contributed by atoms with van der Waals surface area (Å²) in [6, 6.07) is 1.36. The fourth-order valence-corrected chi connectivity index (χ4v) is 2.67. The van der Waals surface area contributed by atoms with E-state index in [1.165, 1.54) is 32.6 Å². The van der Waals surface area contributed by atoms with Crippen molar-refractivity contribution < 1.29 is 4.74 Å². The Balaban J connectivity index is 2.35. The van der Waals surface area contributed by atoms with Crippen LogP contribution in [-0.2, 0) is 4.74 Å². The molecule has 0 aromatic rings. The number of hydrogen-bond donors (Lipinski definition) is 0. The van der Waals surface area contributed by atoms with E-state index >= 15 is 0 Å². The topological polar surface area (TPSA) is 15.7 Å². The van der Waals surface area contributed by atoms with Crippen molar-refractivity contribution in [3.05, 3.63) is 0 Å². The predicted molar refractivity (Wildman–Crippen MR) is 68.9 cm³/mol. The van der Waals surface area contributed by atoms with Gasteiger partial charge in [-0.3, -0.25) is 4.90 Å². The van der Waals surface area contributed by atoms with Crippen molar-refractivity contribution in [1.29, 1.82) is 0 Å². The second-order valence-electron chi connectivity index (χ2n) is 5.18. The molecule has 96 valence electrons. The van der Waals surface area contributed by atoms with E-state index in [-0.39, 0.29) is 0 Å². The Kier molecular flexibility index (Phi) is 6.32.